The van der Waals surface area contributed by atoms with Crippen LogP contribution >= 0.6 is 0 Å². The highest BCUT2D eigenvalue weighted by Gasteiger charge is 2.33. The average molecular weight is 232 g/mol. The molecule has 2 nitrogen and oxygen atoms in total. The van der Waals surface area contributed by atoms with Gasteiger partial charge in [0.15, 0.2) is 0 Å². The van der Waals surface area contributed by atoms with Gasteiger partial charge in [-0.2, -0.15) is 0 Å². The van der Waals surface area contributed by atoms with Crippen LogP contribution in [-0.2, 0) is 6.54 Å². The fourth-order valence-electron chi connectivity index (χ4n) is 2.50. The van der Waals surface area contributed by atoms with Crippen LogP contribution in [0.5, 0.6) is 0 Å². The summed E-state index contributed by atoms with van der Waals surface area (Å²) in [5.74, 6) is 0.918. The Kier molecular flexibility index (Phi) is 3.72. The van der Waals surface area contributed by atoms with E-state index >= 15 is 0 Å². The Morgan fingerprint density at radius 1 is 1.24 bits per heavy atom. The number of benzene rings is 1. The van der Waals surface area contributed by atoms with E-state index in [4.69, 9.17) is 5.73 Å². The van der Waals surface area contributed by atoms with Crippen LogP contribution in [0.3, 0.4) is 0 Å². The highest BCUT2D eigenvalue weighted by atomic mass is 14.9. The van der Waals surface area contributed by atoms with Gasteiger partial charge >= 0.3 is 0 Å². The van der Waals surface area contributed by atoms with Crippen molar-refractivity contribution in [2.45, 2.75) is 39.7 Å². The molecule has 1 saturated carbocycles. The maximum atomic E-state index is 5.67. The van der Waals surface area contributed by atoms with E-state index in [9.17, 15) is 0 Å². The lowest BCUT2D eigenvalue weighted by Crippen LogP contribution is -2.38. The number of hydrogen-bond donors (Lipinski definition) is 2. The fourth-order valence-corrected chi connectivity index (χ4v) is 2.50. The number of nitrogens with one attached hydrogen (secondary N) is 1. The molecule has 1 aliphatic rings. The van der Waals surface area contributed by atoms with Gasteiger partial charge in [0.25, 0.3) is 0 Å². The van der Waals surface area contributed by atoms with Crippen LogP contribution < -0.4 is 11.1 Å². The van der Waals surface area contributed by atoms with Crippen LogP contribution in [0.25, 0.3) is 0 Å². The Morgan fingerprint density at radius 2 is 1.88 bits per heavy atom. The lowest BCUT2D eigenvalue weighted by molar-refractivity contribution is 0.118. The minimum Gasteiger partial charge on any atom is -0.399 e. The van der Waals surface area contributed by atoms with Crippen LogP contribution in [-0.4, -0.2) is 6.54 Å². The maximum absolute atomic E-state index is 5.67. The minimum atomic E-state index is 0.437. The molecule has 0 spiro atoms. The molecular weight excluding hydrogens is 208 g/mol. The molecule has 17 heavy (non-hydrogen) atoms. The number of hydrogen-bond acceptors (Lipinski definition) is 2. The first-order chi connectivity index (χ1) is 8.08. The largest absolute Gasteiger partial charge is 0.399 e. The van der Waals surface area contributed by atoms with Gasteiger partial charge in [-0.05, 0) is 41.9 Å². The Balaban J connectivity index is 1.77. The van der Waals surface area contributed by atoms with Crippen molar-refractivity contribution in [3.05, 3.63) is 29.8 Å². The first kappa shape index (κ1) is 12.4. The molecule has 2 rings (SSSR count). The Morgan fingerprint density at radius 3 is 2.41 bits per heavy atom. The Bertz CT molecular complexity index is 350. The fraction of sp³-hybridized carbons (Fsp3) is 0.600. The normalized spacial score (nSPS) is 16.8. The van der Waals surface area contributed by atoms with E-state index in [2.05, 4.69) is 31.3 Å². The van der Waals surface area contributed by atoms with E-state index in [1.165, 1.54) is 24.8 Å². The molecule has 1 aromatic carbocycles. The van der Waals surface area contributed by atoms with Crippen LogP contribution in [0.2, 0.25) is 0 Å². The van der Waals surface area contributed by atoms with Gasteiger partial charge in [0.1, 0.15) is 0 Å². The summed E-state index contributed by atoms with van der Waals surface area (Å²) < 4.78 is 0. The molecule has 0 amide bonds. The average Bonchev–Trinajstić information content (AvgIpc) is 2.17. The van der Waals surface area contributed by atoms with Gasteiger partial charge in [-0.25, -0.2) is 0 Å². The molecule has 0 radical (unpaired) electrons. The second kappa shape index (κ2) is 5.09. The lowest BCUT2D eigenvalue weighted by Gasteiger charge is -2.40. The highest BCUT2D eigenvalue weighted by Crippen LogP contribution is 2.41. The van der Waals surface area contributed by atoms with E-state index in [0.717, 1.165) is 24.7 Å². The van der Waals surface area contributed by atoms with E-state index in [-0.39, 0.29) is 0 Å². The number of nitrogens with two attached hydrogens (primary N) is 1. The Labute approximate surface area is 105 Å². The van der Waals surface area contributed by atoms with Crippen molar-refractivity contribution in [2.24, 2.45) is 11.3 Å². The number of rotatable bonds is 5. The van der Waals surface area contributed by atoms with E-state index in [1.807, 2.05) is 12.1 Å². The van der Waals surface area contributed by atoms with Crippen molar-refractivity contribution in [3.8, 4) is 0 Å². The predicted molar refractivity (Wildman–Crippen MR) is 73.7 cm³/mol. The summed E-state index contributed by atoms with van der Waals surface area (Å²) in [6.07, 6.45) is 4.25. The zero-order chi connectivity index (χ0) is 12.3. The molecule has 1 fully saturated rings. The molecule has 0 unspecified atom stereocenters. The van der Waals surface area contributed by atoms with Gasteiger partial charge in [0.2, 0.25) is 0 Å². The van der Waals surface area contributed by atoms with Crippen molar-refractivity contribution >= 4 is 5.69 Å². The van der Waals surface area contributed by atoms with Gasteiger partial charge in [0, 0.05) is 18.8 Å². The summed E-state index contributed by atoms with van der Waals surface area (Å²) >= 11 is 0. The molecular formula is C15H24N2. The molecule has 0 aliphatic heterocycles. The third kappa shape index (κ3) is 3.22. The summed E-state index contributed by atoms with van der Waals surface area (Å²) in [5, 5.41) is 3.57. The molecule has 1 aromatic rings. The molecule has 0 saturated heterocycles. The van der Waals surface area contributed by atoms with Crippen LogP contribution in [0.15, 0.2) is 24.3 Å². The van der Waals surface area contributed by atoms with Crippen molar-refractivity contribution in [3.63, 3.8) is 0 Å². The van der Waals surface area contributed by atoms with Gasteiger partial charge < -0.3 is 11.1 Å². The minimum absolute atomic E-state index is 0.437. The number of nitrogen functional groups attached to an aromatic ring is 1. The highest BCUT2D eigenvalue weighted by molar-refractivity contribution is 5.39. The molecule has 0 heterocycles. The second-order valence-electron chi connectivity index (χ2n) is 5.96. The molecule has 1 aliphatic carbocycles. The van der Waals surface area contributed by atoms with Crippen LogP contribution in [0.4, 0.5) is 5.69 Å². The lowest BCUT2D eigenvalue weighted by atomic mass is 9.67. The van der Waals surface area contributed by atoms with E-state index in [1.54, 1.807) is 0 Å². The van der Waals surface area contributed by atoms with Crippen LogP contribution in [0.1, 0.15) is 38.7 Å². The van der Waals surface area contributed by atoms with Crippen molar-refractivity contribution in [1.82, 2.24) is 5.32 Å². The maximum Gasteiger partial charge on any atom is 0.0314 e. The SMILES string of the molecule is CC(C)(CNCc1ccc(N)cc1)C1CCC1. The monoisotopic (exact) mass is 232 g/mol. The topological polar surface area (TPSA) is 38.0 Å². The first-order valence-electron chi connectivity index (χ1n) is 6.63. The van der Waals surface area contributed by atoms with Crippen LogP contribution in [0, 0.1) is 11.3 Å². The zero-order valence-electron chi connectivity index (χ0n) is 11.0. The summed E-state index contributed by atoms with van der Waals surface area (Å²) in [7, 11) is 0. The van der Waals surface area contributed by atoms with Gasteiger partial charge in [-0.1, -0.05) is 32.4 Å². The first-order valence-corrected chi connectivity index (χ1v) is 6.63. The molecule has 0 bridgehead atoms. The van der Waals surface area contributed by atoms with E-state index < -0.39 is 0 Å². The van der Waals surface area contributed by atoms with Crippen molar-refractivity contribution < 1.29 is 0 Å². The summed E-state index contributed by atoms with van der Waals surface area (Å²) in [6, 6.07) is 8.12. The second-order valence-corrected chi connectivity index (χ2v) is 5.96. The third-order valence-corrected chi connectivity index (χ3v) is 4.10. The standard InChI is InChI=1S/C15H24N2/c1-15(2,13-4-3-5-13)11-17-10-12-6-8-14(16)9-7-12/h6-9,13,17H,3-5,10-11,16H2,1-2H3. The zero-order valence-corrected chi connectivity index (χ0v) is 11.0. The smallest absolute Gasteiger partial charge is 0.0314 e. The summed E-state index contributed by atoms with van der Waals surface area (Å²) in [6.45, 7) is 6.80. The van der Waals surface area contributed by atoms with Gasteiger partial charge in [-0.3, -0.25) is 0 Å². The molecule has 2 heteroatoms. The van der Waals surface area contributed by atoms with Crippen molar-refractivity contribution in [1.29, 1.82) is 0 Å². The summed E-state index contributed by atoms with van der Waals surface area (Å²) in [5.41, 5.74) is 8.25. The quantitative estimate of drug-likeness (QED) is 0.765. The summed E-state index contributed by atoms with van der Waals surface area (Å²) in [4.78, 5) is 0. The molecule has 3 N–H and O–H groups in total. The Hall–Kier alpha value is -1.02. The third-order valence-electron chi connectivity index (χ3n) is 4.10. The van der Waals surface area contributed by atoms with Crippen molar-refractivity contribution in [2.75, 3.05) is 12.3 Å². The predicted octanol–water partition coefficient (Wildman–Crippen LogP) is 3.18. The van der Waals surface area contributed by atoms with E-state index in [0.29, 0.717) is 5.41 Å². The van der Waals surface area contributed by atoms with Gasteiger partial charge in [-0.15, -0.1) is 0 Å². The number of anilines is 1. The molecule has 0 aromatic heterocycles. The molecule has 0 atom stereocenters. The van der Waals surface area contributed by atoms with Gasteiger partial charge in [0.05, 0.1) is 0 Å². The molecule has 94 valence electrons.